The van der Waals surface area contributed by atoms with Gasteiger partial charge in [0.2, 0.25) is 0 Å². The molecule has 0 fully saturated rings. The van der Waals surface area contributed by atoms with Gasteiger partial charge in [0, 0.05) is 19.0 Å². The van der Waals surface area contributed by atoms with Crippen molar-refractivity contribution in [2.45, 2.75) is 19.9 Å². The van der Waals surface area contributed by atoms with E-state index in [4.69, 9.17) is 16.3 Å². The molecule has 0 aliphatic rings. The van der Waals surface area contributed by atoms with Gasteiger partial charge in [0.05, 0.1) is 5.69 Å². The molecule has 1 aromatic heterocycles. The number of hydrogen-bond donors (Lipinski definition) is 1. The minimum absolute atomic E-state index is 0.154. The largest absolute Gasteiger partial charge is 0.481 e. The summed E-state index contributed by atoms with van der Waals surface area (Å²) >= 11 is 5.27. The summed E-state index contributed by atoms with van der Waals surface area (Å²) in [5, 5.41) is 9.41. The Balaban J connectivity index is 1.96. The number of amides is 1. The lowest BCUT2D eigenvalue weighted by molar-refractivity contribution is 0.0941. The molecule has 23 heavy (non-hydrogen) atoms. The maximum Gasteiger partial charge on any atom is 0.269 e. The van der Waals surface area contributed by atoms with Crippen molar-refractivity contribution >= 4 is 17.5 Å². The molecule has 0 aliphatic heterocycles. The van der Waals surface area contributed by atoms with Crippen molar-refractivity contribution in [1.29, 1.82) is 0 Å². The maximum absolute atomic E-state index is 12.2. The quantitative estimate of drug-likeness (QED) is 0.827. The summed E-state index contributed by atoms with van der Waals surface area (Å²) < 4.78 is 7.03. The van der Waals surface area contributed by atoms with Crippen LogP contribution in [-0.4, -0.2) is 22.3 Å². The Hall–Kier alpha value is -2.45. The zero-order valence-electron chi connectivity index (χ0n) is 13.1. The Morgan fingerprint density at radius 2 is 2.26 bits per heavy atom. The van der Waals surface area contributed by atoms with E-state index in [-0.39, 0.29) is 12.5 Å². The summed E-state index contributed by atoms with van der Waals surface area (Å²) in [5.41, 5.74) is 2.38. The molecule has 1 aromatic carbocycles. The number of rotatable bonds is 6. The first kappa shape index (κ1) is 16.9. The third kappa shape index (κ3) is 4.76. The monoisotopic (exact) mass is 331 g/mol. The summed E-state index contributed by atoms with van der Waals surface area (Å²) in [5.74, 6) is 3.15. The molecular weight excluding hydrogens is 314 g/mol. The van der Waals surface area contributed by atoms with Crippen molar-refractivity contribution in [3.63, 3.8) is 0 Å². The second kappa shape index (κ2) is 8.25. The fraction of sp³-hybridized carbons (Fsp3) is 0.294. The number of aromatic nitrogens is 2. The van der Waals surface area contributed by atoms with Gasteiger partial charge in [-0.1, -0.05) is 19.1 Å². The number of ether oxygens (including phenoxy) is 1. The minimum atomic E-state index is -0.154. The summed E-state index contributed by atoms with van der Waals surface area (Å²) in [7, 11) is 1.76. The van der Waals surface area contributed by atoms with E-state index >= 15 is 0 Å². The smallest absolute Gasteiger partial charge is 0.269 e. The molecular formula is C17H18ClN3O2. The molecule has 0 saturated heterocycles. The molecule has 5 nitrogen and oxygen atoms in total. The molecule has 0 atom stereocenters. The molecule has 0 bridgehead atoms. The Labute approximate surface area is 140 Å². The van der Waals surface area contributed by atoms with Crippen LogP contribution in [-0.2, 0) is 20.0 Å². The van der Waals surface area contributed by atoms with Crippen LogP contribution in [0.15, 0.2) is 30.3 Å². The molecule has 2 aromatic rings. The van der Waals surface area contributed by atoms with Gasteiger partial charge in [0.15, 0.2) is 0 Å². The van der Waals surface area contributed by atoms with Crippen LogP contribution in [0.1, 0.15) is 28.7 Å². The Morgan fingerprint density at radius 1 is 1.43 bits per heavy atom. The Bertz CT molecular complexity index is 744. The van der Waals surface area contributed by atoms with E-state index in [9.17, 15) is 4.79 Å². The van der Waals surface area contributed by atoms with Crippen LogP contribution in [0.4, 0.5) is 0 Å². The van der Waals surface area contributed by atoms with Gasteiger partial charge in [-0.15, -0.1) is 0 Å². The van der Waals surface area contributed by atoms with Crippen molar-refractivity contribution in [3.05, 3.63) is 47.3 Å². The van der Waals surface area contributed by atoms with Crippen molar-refractivity contribution in [2.24, 2.45) is 7.05 Å². The predicted molar refractivity (Wildman–Crippen MR) is 89.3 cm³/mol. The van der Waals surface area contributed by atoms with E-state index in [1.807, 2.05) is 31.2 Å². The van der Waals surface area contributed by atoms with Gasteiger partial charge in [-0.3, -0.25) is 9.48 Å². The molecule has 0 spiro atoms. The maximum atomic E-state index is 12.2. The van der Waals surface area contributed by atoms with Crippen LogP contribution in [0.25, 0.3) is 0 Å². The van der Waals surface area contributed by atoms with Crippen LogP contribution in [0, 0.1) is 11.3 Å². The van der Waals surface area contributed by atoms with Crippen molar-refractivity contribution in [3.8, 4) is 17.0 Å². The minimum Gasteiger partial charge on any atom is -0.481 e. The van der Waals surface area contributed by atoms with Gasteiger partial charge in [0.25, 0.3) is 5.91 Å². The first-order valence-corrected chi connectivity index (χ1v) is 7.63. The number of carbonyl (C=O) groups excluding carboxylic acids is 1. The highest BCUT2D eigenvalue weighted by atomic mass is 35.5. The number of benzene rings is 1. The van der Waals surface area contributed by atoms with Gasteiger partial charge in [-0.05, 0) is 47.7 Å². The number of nitrogens with one attached hydrogen (secondary N) is 1. The highest BCUT2D eigenvalue weighted by molar-refractivity contribution is 6.30. The van der Waals surface area contributed by atoms with E-state index < -0.39 is 0 Å². The highest BCUT2D eigenvalue weighted by Gasteiger charge is 2.12. The molecule has 0 unspecified atom stereocenters. The van der Waals surface area contributed by atoms with Gasteiger partial charge in [0.1, 0.15) is 18.1 Å². The lowest BCUT2D eigenvalue weighted by Crippen LogP contribution is -2.25. The third-order valence-electron chi connectivity index (χ3n) is 3.25. The summed E-state index contributed by atoms with van der Waals surface area (Å²) in [6.07, 6.45) is 0.797. The highest BCUT2D eigenvalue weighted by Crippen LogP contribution is 2.13. The number of aryl methyl sites for hydroxylation is 2. The zero-order valence-corrected chi connectivity index (χ0v) is 13.9. The fourth-order valence-electron chi connectivity index (χ4n) is 2.08. The molecule has 120 valence electrons. The molecule has 1 amide bonds. The van der Waals surface area contributed by atoms with Crippen LogP contribution in [0.5, 0.6) is 5.75 Å². The van der Waals surface area contributed by atoms with E-state index in [1.165, 1.54) is 0 Å². The van der Waals surface area contributed by atoms with Crippen LogP contribution in [0.3, 0.4) is 0 Å². The average molecular weight is 332 g/mol. The standard InChI is InChI=1S/C17H18ClN3O2/c1-3-14-11-16(21(2)20-14)17(22)19-12-13-6-4-7-15(10-13)23-9-5-8-18/h4,6-7,10-11H,3,9,12H2,1-2H3,(H,19,22). The van der Waals surface area contributed by atoms with Crippen LogP contribution >= 0.6 is 11.6 Å². The van der Waals surface area contributed by atoms with Gasteiger partial charge in [-0.2, -0.15) is 5.10 Å². The second-order valence-corrected chi connectivity index (χ2v) is 5.08. The van der Waals surface area contributed by atoms with Crippen molar-refractivity contribution in [1.82, 2.24) is 15.1 Å². The van der Waals surface area contributed by atoms with E-state index in [2.05, 4.69) is 21.7 Å². The number of nitrogens with zero attached hydrogens (tertiary/aromatic N) is 2. The van der Waals surface area contributed by atoms with Gasteiger partial charge >= 0.3 is 0 Å². The predicted octanol–water partition coefficient (Wildman–Crippen LogP) is 2.49. The molecule has 2 rings (SSSR count). The van der Waals surface area contributed by atoms with E-state index in [0.717, 1.165) is 17.7 Å². The molecule has 1 heterocycles. The van der Waals surface area contributed by atoms with Crippen molar-refractivity contribution < 1.29 is 9.53 Å². The van der Waals surface area contributed by atoms with Crippen LogP contribution in [0.2, 0.25) is 0 Å². The van der Waals surface area contributed by atoms with Crippen molar-refractivity contribution in [2.75, 3.05) is 6.61 Å². The molecule has 6 heteroatoms. The first-order valence-electron chi connectivity index (χ1n) is 7.25. The summed E-state index contributed by atoms with van der Waals surface area (Å²) in [6, 6.07) is 9.28. The Morgan fingerprint density at radius 3 is 2.96 bits per heavy atom. The zero-order chi connectivity index (χ0) is 16.7. The summed E-state index contributed by atoms with van der Waals surface area (Å²) in [6.45, 7) is 2.64. The molecule has 1 N–H and O–H groups in total. The Kier molecular flexibility index (Phi) is 6.07. The molecule has 0 saturated carbocycles. The number of halogens is 1. The van der Waals surface area contributed by atoms with E-state index in [0.29, 0.717) is 18.0 Å². The first-order chi connectivity index (χ1) is 11.1. The average Bonchev–Trinajstić information content (AvgIpc) is 2.94. The van der Waals surface area contributed by atoms with Crippen LogP contribution < -0.4 is 10.1 Å². The summed E-state index contributed by atoms with van der Waals surface area (Å²) in [4.78, 5) is 12.2. The second-order valence-electron chi connectivity index (χ2n) is 4.89. The van der Waals surface area contributed by atoms with Gasteiger partial charge < -0.3 is 10.1 Å². The lowest BCUT2D eigenvalue weighted by Gasteiger charge is -2.07. The lowest BCUT2D eigenvalue weighted by atomic mass is 10.2. The fourth-order valence-corrected chi connectivity index (χ4v) is 2.13. The number of carbonyl (C=O) groups is 1. The molecule has 0 radical (unpaired) electrons. The normalized spacial score (nSPS) is 9.87. The molecule has 0 aliphatic carbocycles. The number of hydrogen-bond acceptors (Lipinski definition) is 3. The topological polar surface area (TPSA) is 56.1 Å². The van der Waals surface area contributed by atoms with E-state index in [1.54, 1.807) is 17.8 Å². The van der Waals surface area contributed by atoms with Gasteiger partial charge in [-0.25, -0.2) is 0 Å². The third-order valence-corrected chi connectivity index (χ3v) is 3.39. The SMILES string of the molecule is CCc1cc(C(=O)NCc2cccc(OCC#CCl)c2)n(C)n1.